The van der Waals surface area contributed by atoms with Crippen molar-refractivity contribution in [1.82, 2.24) is 9.97 Å². The molecule has 0 aliphatic heterocycles. The van der Waals surface area contributed by atoms with Gasteiger partial charge in [0, 0.05) is 17.8 Å². The van der Waals surface area contributed by atoms with Crippen LogP contribution in [-0.2, 0) is 6.42 Å². The minimum absolute atomic E-state index is 0.668. The molecule has 2 N–H and O–H groups in total. The Labute approximate surface area is 166 Å². The predicted molar refractivity (Wildman–Crippen MR) is 113 cm³/mol. The van der Waals surface area contributed by atoms with E-state index in [4.69, 9.17) is 9.47 Å². The summed E-state index contributed by atoms with van der Waals surface area (Å²) in [5.74, 6) is 3.52. The van der Waals surface area contributed by atoms with E-state index >= 15 is 0 Å². The van der Waals surface area contributed by atoms with E-state index in [1.165, 1.54) is 11.1 Å². The minimum Gasteiger partial charge on any atom is -0.497 e. The number of rotatable bonds is 7. The van der Waals surface area contributed by atoms with Crippen LogP contribution in [0.3, 0.4) is 0 Å². The van der Waals surface area contributed by atoms with Gasteiger partial charge in [-0.2, -0.15) is 0 Å². The molecule has 3 rings (SSSR count). The summed E-state index contributed by atoms with van der Waals surface area (Å²) in [6.45, 7) is 6.11. The van der Waals surface area contributed by atoms with Crippen LogP contribution in [0.5, 0.6) is 11.5 Å². The van der Waals surface area contributed by atoms with Crippen molar-refractivity contribution in [3.05, 3.63) is 59.4 Å². The van der Waals surface area contributed by atoms with Crippen LogP contribution in [0.2, 0.25) is 0 Å². The largest absolute Gasteiger partial charge is 0.497 e. The zero-order chi connectivity index (χ0) is 20.1. The van der Waals surface area contributed by atoms with E-state index in [0.717, 1.165) is 29.4 Å². The van der Waals surface area contributed by atoms with E-state index in [2.05, 4.69) is 52.6 Å². The number of hydrogen-bond acceptors (Lipinski definition) is 6. The third kappa shape index (κ3) is 4.34. The number of para-hydroxylation sites is 1. The van der Waals surface area contributed by atoms with Gasteiger partial charge in [0.1, 0.15) is 29.0 Å². The SMILES string of the molecule is CCc1cccc(C)c1Nc1cc(Nc2cc(OC)ccc2OC)nc(C)n1. The van der Waals surface area contributed by atoms with Gasteiger partial charge in [0.15, 0.2) is 0 Å². The van der Waals surface area contributed by atoms with Crippen molar-refractivity contribution in [2.24, 2.45) is 0 Å². The molecule has 0 atom stereocenters. The minimum atomic E-state index is 0.668. The molecular formula is C22H26N4O2. The number of anilines is 4. The van der Waals surface area contributed by atoms with Crippen LogP contribution in [0, 0.1) is 13.8 Å². The Morgan fingerprint density at radius 2 is 1.64 bits per heavy atom. The second-order valence-electron chi connectivity index (χ2n) is 6.46. The van der Waals surface area contributed by atoms with Gasteiger partial charge < -0.3 is 20.1 Å². The Morgan fingerprint density at radius 1 is 0.893 bits per heavy atom. The van der Waals surface area contributed by atoms with Crippen molar-refractivity contribution in [1.29, 1.82) is 0 Å². The maximum absolute atomic E-state index is 5.44. The molecular weight excluding hydrogens is 352 g/mol. The quantitative estimate of drug-likeness (QED) is 0.592. The van der Waals surface area contributed by atoms with Gasteiger partial charge >= 0.3 is 0 Å². The molecule has 1 aromatic heterocycles. The smallest absolute Gasteiger partial charge is 0.142 e. The molecule has 6 heteroatoms. The average molecular weight is 378 g/mol. The molecule has 0 spiro atoms. The molecule has 0 aliphatic rings. The number of nitrogens with zero attached hydrogens (tertiary/aromatic N) is 2. The van der Waals surface area contributed by atoms with Crippen LogP contribution in [0.4, 0.5) is 23.0 Å². The molecule has 0 amide bonds. The van der Waals surface area contributed by atoms with Crippen molar-refractivity contribution in [2.75, 3.05) is 24.9 Å². The first-order valence-electron chi connectivity index (χ1n) is 9.24. The van der Waals surface area contributed by atoms with Crippen molar-refractivity contribution in [3.8, 4) is 11.5 Å². The normalized spacial score (nSPS) is 10.5. The van der Waals surface area contributed by atoms with Crippen LogP contribution >= 0.6 is 0 Å². The summed E-state index contributed by atoms with van der Waals surface area (Å²) >= 11 is 0. The molecule has 0 bridgehead atoms. The zero-order valence-electron chi connectivity index (χ0n) is 17.0. The van der Waals surface area contributed by atoms with Crippen LogP contribution in [0.1, 0.15) is 23.9 Å². The Morgan fingerprint density at radius 3 is 2.32 bits per heavy atom. The fourth-order valence-electron chi connectivity index (χ4n) is 3.08. The summed E-state index contributed by atoms with van der Waals surface area (Å²) in [6, 6.07) is 13.8. The first-order chi connectivity index (χ1) is 13.5. The molecule has 28 heavy (non-hydrogen) atoms. The van der Waals surface area contributed by atoms with Gasteiger partial charge in [0.2, 0.25) is 0 Å². The lowest BCUT2D eigenvalue weighted by atomic mass is 10.1. The van der Waals surface area contributed by atoms with Crippen molar-refractivity contribution in [2.45, 2.75) is 27.2 Å². The number of aryl methyl sites for hydroxylation is 3. The lowest BCUT2D eigenvalue weighted by Gasteiger charge is -2.16. The Hall–Kier alpha value is -3.28. The number of ether oxygens (including phenoxy) is 2. The Kier molecular flexibility index (Phi) is 5.99. The molecule has 3 aromatic rings. The highest BCUT2D eigenvalue weighted by Gasteiger charge is 2.10. The van der Waals surface area contributed by atoms with Gasteiger partial charge in [-0.15, -0.1) is 0 Å². The molecule has 0 radical (unpaired) electrons. The summed E-state index contributed by atoms with van der Waals surface area (Å²) in [4.78, 5) is 9.05. The lowest BCUT2D eigenvalue weighted by Crippen LogP contribution is -2.04. The molecule has 1 heterocycles. The number of aromatic nitrogens is 2. The summed E-state index contributed by atoms with van der Waals surface area (Å²) in [7, 11) is 3.27. The van der Waals surface area contributed by atoms with E-state index < -0.39 is 0 Å². The summed E-state index contributed by atoms with van der Waals surface area (Å²) in [6.07, 6.45) is 0.945. The number of benzene rings is 2. The molecule has 146 valence electrons. The monoisotopic (exact) mass is 378 g/mol. The number of hydrogen-bond donors (Lipinski definition) is 2. The van der Waals surface area contributed by atoms with Gasteiger partial charge in [-0.25, -0.2) is 9.97 Å². The number of nitrogens with one attached hydrogen (secondary N) is 2. The van der Waals surface area contributed by atoms with E-state index in [0.29, 0.717) is 17.4 Å². The summed E-state index contributed by atoms with van der Waals surface area (Å²) < 4.78 is 10.8. The first-order valence-corrected chi connectivity index (χ1v) is 9.24. The Balaban J connectivity index is 1.93. The fraction of sp³-hybridized carbons (Fsp3) is 0.273. The molecule has 6 nitrogen and oxygen atoms in total. The fourth-order valence-corrected chi connectivity index (χ4v) is 3.08. The van der Waals surface area contributed by atoms with Crippen LogP contribution < -0.4 is 20.1 Å². The molecule has 2 aromatic carbocycles. The average Bonchev–Trinajstić information content (AvgIpc) is 2.69. The van der Waals surface area contributed by atoms with Gasteiger partial charge in [-0.05, 0) is 43.5 Å². The molecule has 0 fully saturated rings. The van der Waals surface area contributed by atoms with Gasteiger partial charge in [0.05, 0.1) is 19.9 Å². The maximum atomic E-state index is 5.44. The second-order valence-corrected chi connectivity index (χ2v) is 6.46. The molecule has 0 aliphatic carbocycles. The molecule has 0 unspecified atom stereocenters. The van der Waals surface area contributed by atoms with E-state index in [-0.39, 0.29) is 0 Å². The van der Waals surface area contributed by atoms with Gasteiger partial charge in [0.25, 0.3) is 0 Å². The van der Waals surface area contributed by atoms with Crippen molar-refractivity contribution >= 4 is 23.0 Å². The van der Waals surface area contributed by atoms with Crippen LogP contribution in [-0.4, -0.2) is 24.2 Å². The van der Waals surface area contributed by atoms with E-state index in [9.17, 15) is 0 Å². The second kappa shape index (κ2) is 8.61. The standard InChI is InChI=1S/C22H26N4O2/c1-6-16-9-7-8-14(2)22(16)26-21-13-20(23-15(3)24-21)25-18-12-17(27-4)10-11-19(18)28-5/h7-13H,6H2,1-5H3,(H2,23,24,25,26). The topological polar surface area (TPSA) is 68.3 Å². The first kappa shape index (κ1) is 19.5. The van der Waals surface area contributed by atoms with Gasteiger partial charge in [-0.1, -0.05) is 25.1 Å². The van der Waals surface area contributed by atoms with Crippen LogP contribution in [0.25, 0.3) is 0 Å². The van der Waals surface area contributed by atoms with E-state index in [1.54, 1.807) is 14.2 Å². The molecule has 0 saturated heterocycles. The maximum Gasteiger partial charge on any atom is 0.142 e. The van der Waals surface area contributed by atoms with Crippen molar-refractivity contribution in [3.63, 3.8) is 0 Å². The summed E-state index contributed by atoms with van der Waals surface area (Å²) in [5, 5.41) is 6.78. The molecule has 0 saturated carbocycles. The Bertz CT molecular complexity index is 973. The predicted octanol–water partition coefficient (Wildman–Crippen LogP) is 5.16. The highest BCUT2D eigenvalue weighted by Crippen LogP contribution is 2.32. The lowest BCUT2D eigenvalue weighted by molar-refractivity contribution is 0.405. The highest BCUT2D eigenvalue weighted by molar-refractivity contribution is 5.70. The van der Waals surface area contributed by atoms with E-state index in [1.807, 2.05) is 31.2 Å². The highest BCUT2D eigenvalue weighted by atomic mass is 16.5. The van der Waals surface area contributed by atoms with Crippen LogP contribution in [0.15, 0.2) is 42.5 Å². The van der Waals surface area contributed by atoms with Gasteiger partial charge in [-0.3, -0.25) is 0 Å². The number of methoxy groups -OCH3 is 2. The van der Waals surface area contributed by atoms with Crippen molar-refractivity contribution < 1.29 is 9.47 Å². The third-order valence-corrected chi connectivity index (χ3v) is 4.50. The zero-order valence-corrected chi connectivity index (χ0v) is 17.0. The summed E-state index contributed by atoms with van der Waals surface area (Å²) in [5.41, 5.74) is 4.30. The third-order valence-electron chi connectivity index (χ3n) is 4.50.